The Hall–Kier alpha value is 0.430. The van der Waals surface area contributed by atoms with Gasteiger partial charge in [-0.2, -0.15) is 0 Å². The van der Waals surface area contributed by atoms with Crippen LogP contribution in [0, 0.1) is 0 Å². The number of carboxylic acids is 1. The van der Waals surface area contributed by atoms with Gasteiger partial charge in [-0.3, -0.25) is 4.90 Å². The molecule has 40 heavy (non-hydrogen) atoms. The summed E-state index contributed by atoms with van der Waals surface area (Å²) in [5.41, 5.74) is 0. The summed E-state index contributed by atoms with van der Waals surface area (Å²) >= 11 is 0. The first-order valence-electron chi connectivity index (χ1n) is 18.1. The molecular weight excluding hydrogens is 501 g/mol. The van der Waals surface area contributed by atoms with Crippen molar-refractivity contribution in [2.24, 2.45) is 0 Å². The fourth-order valence-corrected chi connectivity index (χ4v) is 5.87. The number of nitrogens with zero attached hydrogens (tertiary/aromatic N) is 1. The predicted octanol–water partition coefficient (Wildman–Crippen LogP) is 7.79. The summed E-state index contributed by atoms with van der Waals surface area (Å²) < 4.78 is 0. The SMILES string of the molecule is CCCCCCCCCCCCCCCCCN(CCCCCCCCCCCCCCCCC)CC(=O)[O-].[Na+]. The van der Waals surface area contributed by atoms with E-state index >= 15 is 0 Å². The van der Waals surface area contributed by atoms with Gasteiger partial charge >= 0.3 is 29.6 Å². The number of carboxylic acid groups (broad SMARTS) is 1. The van der Waals surface area contributed by atoms with E-state index in [2.05, 4.69) is 18.7 Å². The second kappa shape index (κ2) is 37.5. The average molecular weight is 574 g/mol. The molecule has 0 bridgehead atoms. The molecule has 0 aromatic rings. The first-order chi connectivity index (χ1) is 19.2. The Balaban J connectivity index is 0. The van der Waals surface area contributed by atoms with Crippen molar-refractivity contribution in [1.29, 1.82) is 0 Å². The summed E-state index contributed by atoms with van der Waals surface area (Å²) in [6.45, 7) is 6.52. The zero-order valence-electron chi connectivity index (χ0n) is 28.1. The molecule has 4 heteroatoms. The minimum Gasteiger partial charge on any atom is -0.549 e. The van der Waals surface area contributed by atoms with Gasteiger partial charge in [0.15, 0.2) is 0 Å². The molecule has 0 saturated heterocycles. The van der Waals surface area contributed by atoms with Gasteiger partial charge in [-0.15, -0.1) is 0 Å². The molecule has 0 aliphatic carbocycles. The fourth-order valence-electron chi connectivity index (χ4n) is 5.87. The van der Waals surface area contributed by atoms with Gasteiger partial charge in [-0.05, 0) is 25.9 Å². The van der Waals surface area contributed by atoms with E-state index in [-0.39, 0.29) is 36.1 Å². The molecule has 0 heterocycles. The van der Waals surface area contributed by atoms with Gasteiger partial charge in [0, 0.05) is 6.54 Å². The molecule has 0 saturated carbocycles. The Morgan fingerprint density at radius 2 is 0.600 bits per heavy atom. The smallest absolute Gasteiger partial charge is 0.549 e. The van der Waals surface area contributed by atoms with E-state index in [9.17, 15) is 9.90 Å². The normalized spacial score (nSPS) is 11.3. The van der Waals surface area contributed by atoms with Crippen LogP contribution in [0.3, 0.4) is 0 Å². The number of unbranched alkanes of at least 4 members (excludes halogenated alkanes) is 28. The molecule has 0 aliphatic rings. The maximum absolute atomic E-state index is 11.2. The van der Waals surface area contributed by atoms with Crippen LogP contribution in [0.4, 0.5) is 0 Å². The van der Waals surface area contributed by atoms with Crippen molar-refractivity contribution < 1.29 is 39.5 Å². The van der Waals surface area contributed by atoms with Crippen LogP contribution in [-0.4, -0.2) is 30.5 Å². The molecule has 0 spiro atoms. The van der Waals surface area contributed by atoms with Crippen LogP contribution >= 0.6 is 0 Å². The van der Waals surface area contributed by atoms with Crippen LogP contribution in [-0.2, 0) is 4.79 Å². The molecule has 0 unspecified atom stereocenters. The van der Waals surface area contributed by atoms with Gasteiger partial charge in [-0.1, -0.05) is 194 Å². The molecule has 0 fully saturated rings. The molecular formula is C36H72NNaO2. The molecule has 0 atom stereocenters. The summed E-state index contributed by atoms with van der Waals surface area (Å²) in [6.07, 6.45) is 41.1. The minimum absolute atomic E-state index is 0. The van der Waals surface area contributed by atoms with Gasteiger partial charge in [0.2, 0.25) is 0 Å². The largest absolute Gasteiger partial charge is 1.00 e. The average Bonchev–Trinajstić information content (AvgIpc) is 2.92. The molecule has 3 nitrogen and oxygen atoms in total. The van der Waals surface area contributed by atoms with Gasteiger partial charge in [0.25, 0.3) is 0 Å². The van der Waals surface area contributed by atoms with Crippen LogP contribution in [0.15, 0.2) is 0 Å². The third-order valence-corrected chi connectivity index (χ3v) is 8.51. The maximum atomic E-state index is 11.2. The van der Waals surface area contributed by atoms with Gasteiger partial charge in [-0.25, -0.2) is 0 Å². The van der Waals surface area contributed by atoms with Crippen molar-refractivity contribution in [1.82, 2.24) is 4.90 Å². The topological polar surface area (TPSA) is 43.4 Å². The quantitative estimate of drug-likeness (QED) is 0.0583. The molecule has 0 N–H and O–H groups in total. The first kappa shape index (κ1) is 42.6. The summed E-state index contributed by atoms with van der Waals surface area (Å²) in [6, 6.07) is 0. The number of carbonyl (C=O) groups is 1. The number of aliphatic carboxylic acids is 1. The summed E-state index contributed by atoms with van der Waals surface area (Å²) in [5, 5.41) is 11.2. The third-order valence-electron chi connectivity index (χ3n) is 8.51. The Labute approximate surface area is 275 Å². The number of hydrogen-bond acceptors (Lipinski definition) is 3. The summed E-state index contributed by atoms with van der Waals surface area (Å²) in [4.78, 5) is 13.3. The Morgan fingerprint density at radius 1 is 0.400 bits per heavy atom. The summed E-state index contributed by atoms with van der Waals surface area (Å²) in [5.74, 6) is -0.920. The Kier molecular flexibility index (Phi) is 39.9. The molecule has 234 valence electrons. The van der Waals surface area contributed by atoms with E-state index in [0.29, 0.717) is 0 Å². The Morgan fingerprint density at radius 3 is 0.800 bits per heavy atom. The zero-order chi connectivity index (χ0) is 28.5. The van der Waals surface area contributed by atoms with Crippen molar-refractivity contribution in [3.8, 4) is 0 Å². The predicted molar refractivity (Wildman–Crippen MR) is 171 cm³/mol. The van der Waals surface area contributed by atoms with E-state index in [0.717, 1.165) is 25.9 Å². The first-order valence-corrected chi connectivity index (χ1v) is 18.1. The Bertz CT molecular complexity index is 440. The van der Waals surface area contributed by atoms with E-state index < -0.39 is 5.97 Å². The van der Waals surface area contributed by atoms with E-state index in [1.165, 1.54) is 180 Å². The van der Waals surface area contributed by atoms with Gasteiger partial charge in [0.05, 0.1) is 5.97 Å². The standard InChI is InChI=1S/C36H73NO2.Na/c1-3-5-7-9-11-13-15-17-19-21-23-25-27-29-31-33-37(35-36(38)39)34-32-30-28-26-24-22-20-18-16-14-12-10-8-6-4-2;/h3-35H2,1-2H3,(H,38,39);/q;+1/p-1. The minimum atomic E-state index is -0.920. The number of carbonyl (C=O) groups excluding carboxylic acids is 1. The van der Waals surface area contributed by atoms with Gasteiger partial charge < -0.3 is 9.90 Å². The monoisotopic (exact) mass is 574 g/mol. The van der Waals surface area contributed by atoms with Crippen LogP contribution in [0.5, 0.6) is 0 Å². The molecule has 0 rings (SSSR count). The molecule has 0 aromatic carbocycles. The van der Waals surface area contributed by atoms with Crippen LogP contribution in [0.2, 0.25) is 0 Å². The van der Waals surface area contributed by atoms with Crippen molar-refractivity contribution in [2.75, 3.05) is 19.6 Å². The third kappa shape index (κ3) is 36.5. The maximum Gasteiger partial charge on any atom is 1.00 e. The zero-order valence-corrected chi connectivity index (χ0v) is 30.1. The molecule has 0 aliphatic heterocycles. The van der Waals surface area contributed by atoms with Crippen molar-refractivity contribution >= 4 is 5.97 Å². The van der Waals surface area contributed by atoms with Crippen molar-refractivity contribution in [3.63, 3.8) is 0 Å². The van der Waals surface area contributed by atoms with E-state index in [1.807, 2.05) is 0 Å². The molecule has 0 aromatic heterocycles. The van der Waals surface area contributed by atoms with Crippen LogP contribution in [0.25, 0.3) is 0 Å². The fraction of sp³-hybridized carbons (Fsp3) is 0.972. The number of rotatable bonds is 34. The van der Waals surface area contributed by atoms with E-state index in [1.54, 1.807) is 0 Å². The van der Waals surface area contributed by atoms with Crippen molar-refractivity contribution in [2.45, 2.75) is 206 Å². The van der Waals surface area contributed by atoms with Crippen LogP contribution in [0.1, 0.15) is 206 Å². The van der Waals surface area contributed by atoms with Crippen molar-refractivity contribution in [3.05, 3.63) is 0 Å². The molecule has 0 radical (unpaired) electrons. The number of hydrogen-bond donors (Lipinski definition) is 0. The van der Waals surface area contributed by atoms with E-state index in [4.69, 9.17) is 0 Å². The van der Waals surface area contributed by atoms with Gasteiger partial charge in [0.1, 0.15) is 0 Å². The second-order valence-electron chi connectivity index (χ2n) is 12.5. The second-order valence-corrected chi connectivity index (χ2v) is 12.5. The molecule has 0 amide bonds. The van der Waals surface area contributed by atoms with Crippen LogP contribution < -0.4 is 34.7 Å². The summed E-state index contributed by atoms with van der Waals surface area (Å²) in [7, 11) is 0.